The molecule has 40 valence electrons. The minimum atomic E-state index is -2.61. The predicted molar refractivity (Wildman–Crippen MR) is 27.4 cm³/mol. The molecule has 6 heteroatoms. The first-order chi connectivity index (χ1) is 4.24. The molecule has 0 bridgehead atoms. The second-order valence-corrected chi connectivity index (χ2v) is 1.40. The maximum atomic E-state index is 8.13. The van der Waals surface area contributed by atoms with E-state index in [2.05, 4.69) is 0 Å². The van der Waals surface area contributed by atoms with Crippen molar-refractivity contribution in [2.75, 3.05) is 0 Å². The van der Waals surface area contributed by atoms with Crippen molar-refractivity contribution in [2.45, 2.75) is 0 Å². The van der Waals surface area contributed by atoms with Crippen LogP contribution in [0.3, 0.4) is 0 Å². The first-order valence-electron chi connectivity index (χ1n) is 2.08. The van der Waals surface area contributed by atoms with Crippen LogP contribution in [0.1, 0.15) is 0 Å². The number of hydrogen-bond donors (Lipinski definition) is 1. The van der Waals surface area contributed by atoms with Gasteiger partial charge in [-0.1, -0.05) is 17.9 Å². The molecule has 0 unspecified atom stereocenters. The Morgan fingerprint density at radius 1 is 1.00 bits per heavy atom. The van der Waals surface area contributed by atoms with Crippen LogP contribution < -0.4 is 74.2 Å². The standard InChI is InChI=1S/C4BN4.Cs/c6-1-5(2-7,3-8)4-9;/q-1;+1/p+1. The first-order valence-corrected chi connectivity index (χ1v) is 2.08. The van der Waals surface area contributed by atoms with Gasteiger partial charge in [-0.25, -0.2) is 15.8 Å². The monoisotopic (exact) mass is 249 g/mol. The van der Waals surface area contributed by atoms with E-state index in [9.17, 15) is 0 Å². The summed E-state index contributed by atoms with van der Waals surface area (Å²) in [4.78, 5) is 0. The van der Waals surface area contributed by atoms with Crippen LogP contribution in [0.15, 0.2) is 0 Å². The van der Waals surface area contributed by atoms with Crippen molar-refractivity contribution in [3.63, 3.8) is 0 Å². The average Bonchev–Trinajstić information content (AvgIpc) is 1.95. The summed E-state index contributed by atoms with van der Waals surface area (Å²) in [5.74, 6) is 5.81. The zero-order chi connectivity index (χ0) is 7.33. The van der Waals surface area contributed by atoms with E-state index in [0.29, 0.717) is 0 Å². The van der Waals surface area contributed by atoms with Gasteiger partial charge in [0.15, 0.2) is 0 Å². The third-order valence-corrected chi connectivity index (χ3v) is 0.797. The Hall–Kier alpha value is 0.0769. The SMILES string of the molecule is N#C[B-](C#N)(C#N)C#[NH+].[Cs+]. The normalized spacial score (nSPS) is 6.80. The van der Waals surface area contributed by atoms with Crippen LogP contribution in [-0.2, 0) is 0 Å². The Labute approximate surface area is 117 Å². The molecule has 1 N–H and O–H groups in total. The summed E-state index contributed by atoms with van der Waals surface area (Å²) in [6, 6.07) is 0. The van der Waals surface area contributed by atoms with Gasteiger partial charge in [-0.2, -0.15) is 0 Å². The van der Waals surface area contributed by atoms with E-state index in [1.165, 1.54) is 17.9 Å². The Balaban J connectivity index is 0. The molecule has 4 nitrogen and oxygen atoms in total. The van der Waals surface area contributed by atoms with Crippen molar-refractivity contribution in [2.24, 2.45) is 0 Å². The maximum Gasteiger partial charge on any atom is 1.00 e. The maximum absolute atomic E-state index is 8.13. The summed E-state index contributed by atoms with van der Waals surface area (Å²) in [5, 5.41) is 30.8. The second-order valence-electron chi connectivity index (χ2n) is 1.40. The topological polar surface area (TPSA) is 95.2 Å². The van der Waals surface area contributed by atoms with E-state index in [-0.39, 0.29) is 68.9 Å². The van der Waals surface area contributed by atoms with Crippen molar-refractivity contribution < 1.29 is 74.2 Å². The summed E-state index contributed by atoms with van der Waals surface area (Å²) < 4.78 is 0. The Kier molecular flexibility index (Phi) is 7.42. The van der Waals surface area contributed by atoms with E-state index < -0.39 is 6.15 Å². The van der Waals surface area contributed by atoms with Gasteiger partial charge < -0.3 is 0 Å². The molecule has 0 aliphatic carbocycles. The number of nitrogens with zero attached hydrogens (tertiary/aromatic N) is 3. The molecule has 0 heterocycles. The van der Waals surface area contributed by atoms with E-state index in [4.69, 9.17) is 21.0 Å². The largest absolute Gasteiger partial charge is 1.00 e. The summed E-state index contributed by atoms with van der Waals surface area (Å²) >= 11 is 0. The van der Waals surface area contributed by atoms with Gasteiger partial charge in [0.1, 0.15) is 0 Å². The molecular weight excluding hydrogens is 248 g/mol. The van der Waals surface area contributed by atoms with Gasteiger partial charge in [-0.15, -0.1) is 5.26 Å². The summed E-state index contributed by atoms with van der Waals surface area (Å²) in [6.45, 7) is 0. The quantitative estimate of drug-likeness (QED) is 0.435. The average molecular weight is 249 g/mol. The molecule has 0 saturated carbocycles. The van der Waals surface area contributed by atoms with E-state index in [1.54, 1.807) is 5.97 Å². The molecule has 0 fully saturated rings. The van der Waals surface area contributed by atoms with E-state index in [0.717, 1.165) is 0 Å². The Bertz CT molecular complexity index is 210. The molecular formula is C4HBCsN4+. The molecule has 0 radical (unpaired) electrons. The zero-order valence-corrected chi connectivity index (χ0v) is 11.7. The fourth-order valence-corrected chi connectivity index (χ4v) is 0.183. The van der Waals surface area contributed by atoms with Gasteiger partial charge in [-0.05, 0) is 0 Å². The van der Waals surface area contributed by atoms with Crippen molar-refractivity contribution >= 4 is 6.15 Å². The van der Waals surface area contributed by atoms with Crippen LogP contribution in [0, 0.1) is 39.7 Å². The number of hydrogen-bond acceptors (Lipinski definition) is 3. The second kappa shape index (κ2) is 5.83. The molecule has 0 saturated heterocycles. The molecule has 0 spiro atoms. The summed E-state index contributed by atoms with van der Waals surface area (Å²) in [7, 11) is 0. The van der Waals surface area contributed by atoms with Crippen LogP contribution >= 0.6 is 0 Å². The summed E-state index contributed by atoms with van der Waals surface area (Å²) in [6.07, 6.45) is -2.61. The van der Waals surface area contributed by atoms with Gasteiger partial charge in [0, 0.05) is 0 Å². The van der Waals surface area contributed by atoms with Crippen LogP contribution in [0.5, 0.6) is 0 Å². The Morgan fingerprint density at radius 3 is 1.30 bits per heavy atom. The number of nitriles is 3. The van der Waals surface area contributed by atoms with Crippen LogP contribution in [-0.4, -0.2) is 6.15 Å². The third kappa shape index (κ3) is 2.77. The fourth-order valence-electron chi connectivity index (χ4n) is 0.183. The number of nitrogens with one attached hydrogen (secondary N) is 1. The molecule has 0 aromatic heterocycles. The van der Waals surface area contributed by atoms with Gasteiger partial charge in [-0.3, -0.25) is 0 Å². The summed E-state index contributed by atoms with van der Waals surface area (Å²) in [5.41, 5.74) is 0. The minimum absolute atomic E-state index is 0. The van der Waals surface area contributed by atoms with Gasteiger partial charge >= 0.3 is 75.0 Å². The molecule has 0 amide bonds. The Morgan fingerprint density at radius 2 is 1.30 bits per heavy atom. The van der Waals surface area contributed by atoms with Gasteiger partial charge in [0.05, 0.1) is 5.97 Å². The molecule has 0 atom stereocenters. The minimum Gasteiger partial charge on any atom is -0.245 e. The first kappa shape index (κ1) is 12.7. The molecule has 10 heavy (non-hydrogen) atoms. The van der Waals surface area contributed by atoms with Crippen molar-refractivity contribution in [3.05, 3.63) is 0 Å². The fraction of sp³-hybridized carbons (Fsp3) is 0. The molecule has 0 aliphatic rings. The van der Waals surface area contributed by atoms with Crippen molar-refractivity contribution in [3.8, 4) is 23.9 Å². The van der Waals surface area contributed by atoms with Gasteiger partial charge in [0.2, 0.25) is 0 Å². The number of rotatable bonds is 0. The molecule has 0 aromatic rings. The molecule has 0 rings (SSSR count). The van der Waals surface area contributed by atoms with E-state index >= 15 is 0 Å². The third-order valence-electron chi connectivity index (χ3n) is 0.797. The van der Waals surface area contributed by atoms with Crippen molar-refractivity contribution in [1.82, 2.24) is 0 Å². The zero-order valence-electron chi connectivity index (χ0n) is 5.42. The van der Waals surface area contributed by atoms with Crippen LogP contribution in [0.2, 0.25) is 0 Å². The van der Waals surface area contributed by atoms with E-state index in [1.807, 2.05) is 0 Å². The van der Waals surface area contributed by atoms with Crippen LogP contribution in [0.4, 0.5) is 0 Å². The smallest absolute Gasteiger partial charge is 0.245 e. The molecule has 0 aliphatic heterocycles. The predicted octanol–water partition coefficient (Wildman–Crippen LogP) is -5.06. The van der Waals surface area contributed by atoms with Gasteiger partial charge in [0.25, 0.3) is 0 Å². The van der Waals surface area contributed by atoms with Crippen molar-refractivity contribution in [1.29, 1.82) is 15.8 Å². The van der Waals surface area contributed by atoms with Crippen LogP contribution in [0.25, 0.3) is 0 Å². The molecule has 0 aromatic carbocycles.